The summed E-state index contributed by atoms with van der Waals surface area (Å²) in [5, 5.41) is 1.77. The minimum Gasteiger partial charge on any atom is -0.339 e. The van der Waals surface area contributed by atoms with Crippen LogP contribution in [0.2, 0.25) is 0 Å². The largest absolute Gasteiger partial charge is 0.339 e. The average molecular weight is 433 g/mol. The first kappa shape index (κ1) is 19.0. The summed E-state index contributed by atoms with van der Waals surface area (Å²) in [5.74, 6) is 0.613. The number of aliphatic imine (C=N–C) groups is 1. The predicted molar refractivity (Wildman–Crippen MR) is 109 cm³/mol. The summed E-state index contributed by atoms with van der Waals surface area (Å²) in [6, 6.07) is 7.54. The molecule has 3 heterocycles. The van der Waals surface area contributed by atoms with Gasteiger partial charge in [-0.1, -0.05) is 24.8 Å². The van der Waals surface area contributed by atoms with Gasteiger partial charge in [-0.25, -0.2) is 15.0 Å². The van der Waals surface area contributed by atoms with Gasteiger partial charge in [0.25, 0.3) is 5.91 Å². The maximum atomic E-state index is 12.5. The van der Waals surface area contributed by atoms with Crippen molar-refractivity contribution in [3.05, 3.63) is 46.2 Å². The number of hydrogen-bond acceptors (Lipinski definition) is 5. The first-order valence-electron chi connectivity index (χ1n) is 8.70. The summed E-state index contributed by atoms with van der Waals surface area (Å²) in [4.78, 5) is 27.8. The van der Waals surface area contributed by atoms with E-state index in [1.807, 2.05) is 17.9 Å². The highest BCUT2D eigenvalue weighted by Gasteiger charge is 2.19. The van der Waals surface area contributed by atoms with Crippen molar-refractivity contribution >= 4 is 44.5 Å². The second-order valence-corrected chi connectivity index (χ2v) is 8.08. The number of halogens is 1. The lowest BCUT2D eigenvalue weighted by Crippen LogP contribution is -2.27. The predicted octanol–water partition coefficient (Wildman–Crippen LogP) is 4.88. The number of pyridine rings is 2. The highest BCUT2D eigenvalue weighted by Crippen LogP contribution is 2.26. The lowest BCUT2D eigenvalue weighted by Gasteiger charge is -2.15. The van der Waals surface area contributed by atoms with Gasteiger partial charge in [-0.2, -0.15) is 0 Å². The van der Waals surface area contributed by atoms with Crippen molar-refractivity contribution in [2.45, 2.75) is 38.1 Å². The van der Waals surface area contributed by atoms with E-state index in [-0.39, 0.29) is 5.91 Å². The van der Waals surface area contributed by atoms with Crippen molar-refractivity contribution in [3.8, 4) is 0 Å². The van der Waals surface area contributed by atoms with Crippen LogP contribution in [0.3, 0.4) is 0 Å². The van der Waals surface area contributed by atoms with E-state index in [0.29, 0.717) is 11.4 Å². The summed E-state index contributed by atoms with van der Waals surface area (Å²) >= 11 is 4.94. The van der Waals surface area contributed by atoms with E-state index in [1.165, 1.54) is 17.3 Å². The van der Waals surface area contributed by atoms with Crippen LogP contribution in [0.5, 0.6) is 0 Å². The smallest absolute Gasteiger partial charge is 0.254 e. The second kappa shape index (κ2) is 8.77. The molecule has 5 nitrogen and oxygen atoms in total. The summed E-state index contributed by atoms with van der Waals surface area (Å²) in [6.07, 6.45) is 4.72. The minimum atomic E-state index is 0.0635. The molecule has 26 heavy (non-hydrogen) atoms. The number of carbonyl (C=O) groups excluding carboxylic acids is 1. The SMILES string of the molecule is CCc1ccc(Br)nc1SC(C)=Nc1cc(C(=O)N2CCCC2)ccn1. The van der Waals surface area contributed by atoms with Crippen LogP contribution in [0.25, 0.3) is 0 Å². The zero-order chi connectivity index (χ0) is 18.5. The third-order valence-corrected chi connectivity index (χ3v) is 5.56. The molecule has 2 aromatic heterocycles. The molecule has 136 valence electrons. The van der Waals surface area contributed by atoms with Crippen molar-refractivity contribution in [1.29, 1.82) is 0 Å². The molecule has 0 radical (unpaired) electrons. The van der Waals surface area contributed by atoms with Gasteiger partial charge in [-0.3, -0.25) is 4.79 Å². The maximum absolute atomic E-state index is 12.5. The standard InChI is InChI=1S/C19H21BrN4OS/c1-3-14-6-7-16(20)23-18(14)26-13(2)22-17-12-15(8-9-21-17)19(25)24-10-4-5-11-24/h6-9,12H,3-5,10-11H2,1-2H3. The van der Waals surface area contributed by atoms with Crippen molar-refractivity contribution in [3.63, 3.8) is 0 Å². The minimum absolute atomic E-state index is 0.0635. The monoisotopic (exact) mass is 432 g/mol. The van der Waals surface area contributed by atoms with E-state index in [4.69, 9.17) is 0 Å². The van der Waals surface area contributed by atoms with Gasteiger partial charge in [0.15, 0.2) is 5.82 Å². The van der Waals surface area contributed by atoms with Crippen LogP contribution in [-0.2, 0) is 6.42 Å². The molecule has 0 saturated carbocycles. The number of hydrogen-bond donors (Lipinski definition) is 0. The average Bonchev–Trinajstić information content (AvgIpc) is 3.16. The first-order valence-corrected chi connectivity index (χ1v) is 10.3. The summed E-state index contributed by atoms with van der Waals surface area (Å²) in [6.45, 7) is 5.71. The van der Waals surface area contributed by atoms with Crippen LogP contribution in [0.4, 0.5) is 5.82 Å². The second-order valence-electron chi connectivity index (χ2n) is 6.09. The summed E-state index contributed by atoms with van der Waals surface area (Å²) in [5.41, 5.74) is 1.83. The zero-order valence-corrected chi connectivity index (χ0v) is 17.3. The quantitative estimate of drug-likeness (QED) is 0.299. The van der Waals surface area contributed by atoms with Gasteiger partial charge < -0.3 is 4.90 Å². The zero-order valence-electron chi connectivity index (χ0n) is 14.9. The number of rotatable bonds is 4. The topological polar surface area (TPSA) is 58.5 Å². The van der Waals surface area contributed by atoms with Crippen LogP contribution >= 0.6 is 27.7 Å². The molecule has 0 spiro atoms. The molecule has 3 rings (SSSR count). The Morgan fingerprint density at radius 1 is 1.31 bits per heavy atom. The van der Waals surface area contributed by atoms with Gasteiger partial charge in [-0.15, -0.1) is 0 Å². The third-order valence-electron chi connectivity index (χ3n) is 4.19. The van der Waals surface area contributed by atoms with Crippen LogP contribution in [0.15, 0.2) is 45.1 Å². The van der Waals surface area contributed by atoms with Gasteiger partial charge in [0, 0.05) is 24.8 Å². The van der Waals surface area contributed by atoms with Gasteiger partial charge in [-0.05, 0) is 65.9 Å². The Bertz CT molecular complexity index is 834. The number of thioether (sulfide) groups is 1. The van der Waals surface area contributed by atoms with Gasteiger partial charge >= 0.3 is 0 Å². The number of carbonyl (C=O) groups is 1. The molecule has 0 aromatic carbocycles. The molecule has 1 aliphatic rings. The number of amides is 1. The third kappa shape index (κ3) is 4.71. The van der Waals surface area contributed by atoms with Crippen LogP contribution in [-0.4, -0.2) is 38.9 Å². The lowest BCUT2D eigenvalue weighted by molar-refractivity contribution is 0.0792. The number of aromatic nitrogens is 2. The molecule has 2 aromatic rings. The Hall–Kier alpha value is -1.73. The molecule has 0 unspecified atom stereocenters. The molecule has 0 bridgehead atoms. The van der Waals surface area contributed by atoms with Crippen molar-refractivity contribution in [2.24, 2.45) is 4.99 Å². The van der Waals surface area contributed by atoms with Crippen LogP contribution in [0.1, 0.15) is 42.6 Å². The Kier molecular flexibility index (Phi) is 6.43. The van der Waals surface area contributed by atoms with E-state index in [2.05, 4.69) is 43.9 Å². The molecule has 1 fully saturated rings. The van der Waals surface area contributed by atoms with E-state index in [1.54, 1.807) is 18.3 Å². The van der Waals surface area contributed by atoms with Crippen molar-refractivity contribution < 1.29 is 4.79 Å². The Balaban J connectivity index is 1.78. The van der Waals surface area contributed by atoms with Gasteiger partial charge in [0.05, 0.1) is 5.04 Å². The fraction of sp³-hybridized carbons (Fsp3) is 0.368. The maximum Gasteiger partial charge on any atom is 0.254 e. The number of aryl methyl sites for hydroxylation is 1. The molecule has 0 aliphatic carbocycles. The highest BCUT2D eigenvalue weighted by atomic mass is 79.9. The van der Waals surface area contributed by atoms with Crippen LogP contribution < -0.4 is 0 Å². The lowest BCUT2D eigenvalue weighted by atomic mass is 10.2. The molecule has 1 saturated heterocycles. The molecule has 1 aliphatic heterocycles. The summed E-state index contributed by atoms with van der Waals surface area (Å²) in [7, 11) is 0. The first-order chi connectivity index (χ1) is 12.6. The summed E-state index contributed by atoms with van der Waals surface area (Å²) < 4.78 is 0.807. The van der Waals surface area contributed by atoms with E-state index >= 15 is 0 Å². The normalized spacial score (nSPS) is 14.7. The highest BCUT2D eigenvalue weighted by molar-refractivity contribution is 9.10. The molecular weight excluding hydrogens is 412 g/mol. The Morgan fingerprint density at radius 3 is 2.81 bits per heavy atom. The molecule has 7 heteroatoms. The van der Waals surface area contributed by atoms with Crippen molar-refractivity contribution in [1.82, 2.24) is 14.9 Å². The van der Waals surface area contributed by atoms with Gasteiger partial charge in [0.1, 0.15) is 9.63 Å². The molecule has 1 amide bonds. The fourth-order valence-corrected chi connectivity index (χ4v) is 4.18. The number of nitrogens with zero attached hydrogens (tertiary/aromatic N) is 4. The fourth-order valence-electron chi connectivity index (χ4n) is 2.84. The molecular formula is C19H21BrN4OS. The Morgan fingerprint density at radius 2 is 2.08 bits per heavy atom. The van der Waals surface area contributed by atoms with E-state index < -0.39 is 0 Å². The van der Waals surface area contributed by atoms with E-state index in [9.17, 15) is 4.79 Å². The molecule has 0 atom stereocenters. The molecule has 0 N–H and O–H groups in total. The van der Waals surface area contributed by atoms with Crippen molar-refractivity contribution in [2.75, 3.05) is 13.1 Å². The van der Waals surface area contributed by atoms with Gasteiger partial charge in [0.2, 0.25) is 0 Å². The Labute approximate surface area is 166 Å². The van der Waals surface area contributed by atoms with E-state index in [0.717, 1.165) is 47.0 Å². The number of likely N-dealkylation sites (tertiary alicyclic amines) is 1. The van der Waals surface area contributed by atoms with Crippen LogP contribution in [0, 0.1) is 0 Å².